The molecule has 1 aliphatic carbocycles. The van der Waals surface area contributed by atoms with E-state index < -0.39 is 0 Å². The molecule has 1 N–H and O–H groups in total. The van der Waals surface area contributed by atoms with Crippen LogP contribution < -0.4 is 9.47 Å². The predicted octanol–water partition coefficient (Wildman–Crippen LogP) is 3.02. The molecule has 3 heteroatoms. The van der Waals surface area contributed by atoms with E-state index in [0.29, 0.717) is 19.1 Å². The van der Waals surface area contributed by atoms with E-state index in [4.69, 9.17) is 9.47 Å². The predicted molar refractivity (Wildman–Crippen MR) is 71.1 cm³/mol. The van der Waals surface area contributed by atoms with Gasteiger partial charge in [0.2, 0.25) is 0 Å². The van der Waals surface area contributed by atoms with E-state index in [9.17, 15) is 5.11 Å². The van der Waals surface area contributed by atoms with Crippen molar-refractivity contribution in [3.63, 3.8) is 0 Å². The van der Waals surface area contributed by atoms with Crippen LogP contribution in [0.3, 0.4) is 0 Å². The van der Waals surface area contributed by atoms with Gasteiger partial charge in [-0.3, -0.25) is 0 Å². The quantitative estimate of drug-likeness (QED) is 0.843. The van der Waals surface area contributed by atoms with Crippen molar-refractivity contribution in [3.8, 4) is 11.5 Å². The van der Waals surface area contributed by atoms with Crippen LogP contribution in [0.15, 0.2) is 24.3 Å². The minimum Gasteiger partial charge on any atom is -0.494 e. The summed E-state index contributed by atoms with van der Waals surface area (Å²) in [4.78, 5) is 0. The Labute approximate surface area is 109 Å². The first-order valence-corrected chi connectivity index (χ1v) is 6.83. The number of ether oxygens (including phenoxy) is 2. The van der Waals surface area contributed by atoms with Crippen LogP contribution in [0.1, 0.15) is 32.6 Å². The lowest BCUT2D eigenvalue weighted by atomic mass is 10.0. The van der Waals surface area contributed by atoms with Crippen LogP contribution >= 0.6 is 0 Å². The molecular weight excluding hydrogens is 228 g/mol. The average molecular weight is 250 g/mol. The number of rotatable bonds is 6. The van der Waals surface area contributed by atoms with Crippen LogP contribution in [0.4, 0.5) is 0 Å². The normalized spacial score (nSPS) is 23.0. The fraction of sp³-hybridized carbons (Fsp3) is 0.600. The zero-order valence-corrected chi connectivity index (χ0v) is 11.0. The Morgan fingerprint density at radius 2 is 2.00 bits per heavy atom. The molecule has 0 aliphatic heterocycles. The molecule has 0 heterocycles. The number of hydrogen-bond acceptors (Lipinski definition) is 3. The molecule has 18 heavy (non-hydrogen) atoms. The Kier molecular flexibility index (Phi) is 4.88. The van der Waals surface area contributed by atoms with Gasteiger partial charge in [0.05, 0.1) is 19.3 Å². The molecule has 0 aromatic heterocycles. The Morgan fingerprint density at radius 1 is 1.22 bits per heavy atom. The van der Waals surface area contributed by atoms with Gasteiger partial charge in [0.15, 0.2) is 0 Å². The Hall–Kier alpha value is -1.22. The summed E-state index contributed by atoms with van der Waals surface area (Å²) < 4.78 is 11.1. The first-order valence-electron chi connectivity index (χ1n) is 6.83. The molecular formula is C15H22O3. The lowest BCUT2D eigenvalue weighted by molar-refractivity contribution is 0.117. The molecule has 100 valence electrons. The van der Waals surface area contributed by atoms with Gasteiger partial charge in [0, 0.05) is 6.07 Å². The van der Waals surface area contributed by atoms with E-state index in [1.165, 1.54) is 0 Å². The summed E-state index contributed by atoms with van der Waals surface area (Å²) in [6, 6.07) is 7.71. The molecule has 0 saturated heterocycles. The van der Waals surface area contributed by atoms with Gasteiger partial charge >= 0.3 is 0 Å². The molecule has 3 nitrogen and oxygen atoms in total. The number of aliphatic hydroxyl groups is 1. The zero-order chi connectivity index (χ0) is 12.8. The molecule has 0 amide bonds. The first kappa shape index (κ1) is 13.2. The smallest absolute Gasteiger partial charge is 0.122 e. The van der Waals surface area contributed by atoms with Gasteiger partial charge in [-0.25, -0.2) is 0 Å². The molecule has 1 aromatic carbocycles. The van der Waals surface area contributed by atoms with Crippen LogP contribution in [-0.2, 0) is 0 Å². The minimum absolute atomic E-state index is 0.122. The minimum atomic E-state index is -0.122. The van der Waals surface area contributed by atoms with Gasteiger partial charge in [-0.15, -0.1) is 0 Å². The van der Waals surface area contributed by atoms with Crippen LogP contribution in [0.2, 0.25) is 0 Å². The van der Waals surface area contributed by atoms with Gasteiger partial charge in [-0.2, -0.15) is 0 Å². The Morgan fingerprint density at radius 3 is 2.67 bits per heavy atom. The lowest BCUT2D eigenvalue weighted by Crippen LogP contribution is -2.16. The first-order chi connectivity index (χ1) is 8.79. The summed E-state index contributed by atoms with van der Waals surface area (Å²) in [5, 5.41) is 9.72. The average Bonchev–Trinajstić information content (AvgIpc) is 2.76. The zero-order valence-electron chi connectivity index (χ0n) is 11.0. The largest absolute Gasteiger partial charge is 0.494 e. The molecule has 2 atom stereocenters. The Balaban J connectivity index is 1.77. The second-order valence-corrected chi connectivity index (χ2v) is 4.80. The van der Waals surface area contributed by atoms with Crippen LogP contribution in [0.25, 0.3) is 0 Å². The van der Waals surface area contributed by atoms with E-state index in [2.05, 4.69) is 0 Å². The van der Waals surface area contributed by atoms with Crippen molar-refractivity contribution in [3.05, 3.63) is 24.3 Å². The van der Waals surface area contributed by atoms with Crippen LogP contribution in [0.5, 0.6) is 11.5 Å². The molecule has 1 fully saturated rings. The van der Waals surface area contributed by atoms with E-state index in [0.717, 1.165) is 37.2 Å². The molecule has 0 bridgehead atoms. The van der Waals surface area contributed by atoms with Crippen molar-refractivity contribution in [2.45, 2.75) is 38.7 Å². The van der Waals surface area contributed by atoms with Crippen molar-refractivity contribution in [2.24, 2.45) is 5.92 Å². The van der Waals surface area contributed by atoms with E-state index in [-0.39, 0.29) is 6.10 Å². The molecule has 0 radical (unpaired) electrons. The molecule has 2 unspecified atom stereocenters. The van der Waals surface area contributed by atoms with Crippen molar-refractivity contribution >= 4 is 0 Å². The van der Waals surface area contributed by atoms with Crippen molar-refractivity contribution < 1.29 is 14.6 Å². The standard InChI is InChI=1S/C15H22O3/c1-2-17-13-6-4-7-14(11-13)18-10-9-12-5-3-8-15(12)16/h4,6-7,11-12,15-16H,2-3,5,8-10H2,1H3. The highest BCUT2D eigenvalue weighted by Gasteiger charge is 2.24. The van der Waals surface area contributed by atoms with E-state index in [1.54, 1.807) is 0 Å². The summed E-state index contributed by atoms with van der Waals surface area (Å²) in [5.41, 5.74) is 0. The Bertz CT molecular complexity index is 365. The van der Waals surface area contributed by atoms with Crippen molar-refractivity contribution in [1.82, 2.24) is 0 Å². The maximum Gasteiger partial charge on any atom is 0.122 e. The summed E-state index contributed by atoms with van der Waals surface area (Å²) in [7, 11) is 0. The number of hydrogen-bond donors (Lipinski definition) is 1. The maximum atomic E-state index is 9.72. The van der Waals surface area contributed by atoms with E-state index >= 15 is 0 Å². The van der Waals surface area contributed by atoms with Crippen LogP contribution in [0, 0.1) is 5.92 Å². The third kappa shape index (κ3) is 3.64. The van der Waals surface area contributed by atoms with Gasteiger partial charge in [-0.05, 0) is 44.2 Å². The summed E-state index contributed by atoms with van der Waals surface area (Å²) in [6.07, 6.45) is 4.03. The topological polar surface area (TPSA) is 38.7 Å². The fourth-order valence-electron chi connectivity index (χ4n) is 2.50. The third-order valence-corrected chi connectivity index (χ3v) is 3.49. The molecule has 2 rings (SSSR count). The second kappa shape index (κ2) is 6.64. The highest BCUT2D eigenvalue weighted by molar-refractivity contribution is 5.32. The molecule has 0 spiro atoms. The lowest BCUT2D eigenvalue weighted by Gasteiger charge is -2.15. The molecule has 1 aliphatic rings. The highest BCUT2D eigenvalue weighted by Crippen LogP contribution is 2.28. The van der Waals surface area contributed by atoms with Gasteiger partial charge in [0.1, 0.15) is 11.5 Å². The third-order valence-electron chi connectivity index (χ3n) is 3.49. The van der Waals surface area contributed by atoms with Crippen LogP contribution in [-0.4, -0.2) is 24.4 Å². The second-order valence-electron chi connectivity index (χ2n) is 4.80. The van der Waals surface area contributed by atoms with Gasteiger partial charge in [0.25, 0.3) is 0 Å². The molecule has 1 saturated carbocycles. The SMILES string of the molecule is CCOc1cccc(OCCC2CCCC2O)c1. The summed E-state index contributed by atoms with van der Waals surface area (Å²) in [6.45, 7) is 3.30. The molecule has 1 aromatic rings. The summed E-state index contributed by atoms with van der Waals surface area (Å²) in [5.74, 6) is 2.10. The highest BCUT2D eigenvalue weighted by atomic mass is 16.5. The number of aliphatic hydroxyl groups excluding tert-OH is 1. The summed E-state index contributed by atoms with van der Waals surface area (Å²) >= 11 is 0. The maximum absolute atomic E-state index is 9.72. The van der Waals surface area contributed by atoms with Gasteiger partial charge < -0.3 is 14.6 Å². The van der Waals surface area contributed by atoms with E-state index in [1.807, 2.05) is 31.2 Å². The van der Waals surface area contributed by atoms with Crippen molar-refractivity contribution in [2.75, 3.05) is 13.2 Å². The van der Waals surface area contributed by atoms with Crippen molar-refractivity contribution in [1.29, 1.82) is 0 Å². The monoisotopic (exact) mass is 250 g/mol. The fourth-order valence-corrected chi connectivity index (χ4v) is 2.50. The number of benzene rings is 1. The van der Waals surface area contributed by atoms with Gasteiger partial charge in [-0.1, -0.05) is 12.5 Å².